The molecule has 0 aromatic carbocycles. The molecule has 0 saturated carbocycles. The van der Waals surface area contributed by atoms with Crippen LogP contribution in [0, 0.1) is 0 Å². The Hall–Kier alpha value is -0.765. The zero-order valence-electron chi connectivity index (χ0n) is 5.53. The van der Waals surface area contributed by atoms with Gasteiger partial charge in [-0.3, -0.25) is 0 Å². The van der Waals surface area contributed by atoms with Crippen LogP contribution in [0.2, 0.25) is 0 Å². The Labute approximate surface area is 64.6 Å². The predicted molar refractivity (Wildman–Crippen MR) is 43.7 cm³/mol. The highest BCUT2D eigenvalue weighted by Crippen LogP contribution is 2.05. The van der Waals surface area contributed by atoms with Crippen molar-refractivity contribution in [2.24, 2.45) is 5.16 Å². The van der Waals surface area contributed by atoms with Gasteiger partial charge in [0.05, 0.1) is 5.71 Å². The van der Waals surface area contributed by atoms with Crippen molar-refractivity contribution in [1.82, 2.24) is 0 Å². The molecule has 0 spiro atoms. The van der Waals surface area contributed by atoms with Gasteiger partial charge in [-0.05, 0) is 12.3 Å². The Morgan fingerprint density at radius 2 is 2.50 bits per heavy atom. The molecule has 0 amide bonds. The average Bonchev–Trinajstić information content (AvgIpc) is 2.34. The van der Waals surface area contributed by atoms with Crippen molar-refractivity contribution in [3.05, 3.63) is 16.3 Å². The number of oxime groups is 1. The zero-order chi connectivity index (χ0) is 7.56. The maximum atomic E-state index is 8.37. The van der Waals surface area contributed by atoms with Gasteiger partial charge in [0.15, 0.2) is 0 Å². The maximum Gasteiger partial charge on any atom is 0.115 e. The first-order chi connectivity index (χ1) is 4.75. The van der Waals surface area contributed by atoms with E-state index in [0.717, 1.165) is 4.88 Å². The lowest BCUT2D eigenvalue weighted by atomic mass is 9.96. The number of thiophene rings is 1. The van der Waals surface area contributed by atoms with Crippen molar-refractivity contribution in [3.8, 4) is 0 Å². The van der Waals surface area contributed by atoms with Crippen LogP contribution in [0.3, 0.4) is 0 Å². The van der Waals surface area contributed by atoms with Crippen molar-refractivity contribution < 1.29 is 5.21 Å². The fourth-order valence-corrected chi connectivity index (χ4v) is 1.42. The third-order valence-corrected chi connectivity index (χ3v) is 2.21. The summed E-state index contributed by atoms with van der Waals surface area (Å²) in [5.74, 6) is 0. The van der Waals surface area contributed by atoms with Crippen LogP contribution in [-0.4, -0.2) is 18.8 Å². The van der Waals surface area contributed by atoms with Crippen molar-refractivity contribution >= 4 is 30.4 Å². The SMILES string of the molecule is [B]c1ccsc1/C(C)=N/O. The molecule has 0 unspecified atom stereocenters. The summed E-state index contributed by atoms with van der Waals surface area (Å²) in [6.45, 7) is 1.71. The highest BCUT2D eigenvalue weighted by molar-refractivity contribution is 7.13. The number of nitrogens with zero attached hydrogens (tertiary/aromatic N) is 1. The first-order valence-corrected chi connectivity index (χ1v) is 3.65. The van der Waals surface area contributed by atoms with Gasteiger partial charge < -0.3 is 5.21 Å². The van der Waals surface area contributed by atoms with E-state index in [0.29, 0.717) is 11.2 Å². The van der Waals surface area contributed by atoms with Crippen LogP contribution in [0.1, 0.15) is 11.8 Å². The predicted octanol–water partition coefficient (Wildman–Crippen LogP) is 0.740. The third-order valence-electron chi connectivity index (χ3n) is 1.17. The van der Waals surface area contributed by atoms with E-state index in [4.69, 9.17) is 13.1 Å². The summed E-state index contributed by atoms with van der Waals surface area (Å²) in [7, 11) is 5.54. The molecule has 0 aliphatic carbocycles. The Bertz CT molecular complexity index is 256. The van der Waals surface area contributed by atoms with E-state index < -0.39 is 0 Å². The Balaban J connectivity index is 3.05. The quantitative estimate of drug-likeness (QED) is 0.273. The van der Waals surface area contributed by atoms with Crippen LogP contribution < -0.4 is 5.46 Å². The van der Waals surface area contributed by atoms with E-state index in [1.54, 1.807) is 13.0 Å². The molecule has 1 aromatic rings. The molecular formula is C6H6BNOS. The fraction of sp³-hybridized carbons (Fsp3) is 0.167. The Morgan fingerprint density at radius 1 is 1.80 bits per heavy atom. The molecule has 50 valence electrons. The van der Waals surface area contributed by atoms with Gasteiger partial charge in [-0.25, -0.2) is 0 Å². The lowest BCUT2D eigenvalue weighted by molar-refractivity contribution is 0.319. The summed E-state index contributed by atoms with van der Waals surface area (Å²) >= 11 is 1.47. The van der Waals surface area contributed by atoms with E-state index >= 15 is 0 Å². The summed E-state index contributed by atoms with van der Waals surface area (Å²) in [4.78, 5) is 0.836. The van der Waals surface area contributed by atoms with E-state index in [1.165, 1.54) is 11.3 Å². The Kier molecular flexibility index (Phi) is 2.11. The Morgan fingerprint density at radius 3 is 2.90 bits per heavy atom. The topological polar surface area (TPSA) is 32.6 Å². The molecule has 10 heavy (non-hydrogen) atoms. The summed E-state index contributed by atoms with van der Waals surface area (Å²) in [5.41, 5.74) is 1.23. The van der Waals surface area contributed by atoms with Gasteiger partial charge in [0.25, 0.3) is 0 Å². The average molecular weight is 151 g/mol. The van der Waals surface area contributed by atoms with Gasteiger partial charge in [0, 0.05) is 4.88 Å². The highest BCUT2D eigenvalue weighted by Gasteiger charge is 2.01. The molecule has 1 N–H and O–H groups in total. The van der Waals surface area contributed by atoms with Crippen molar-refractivity contribution in [2.75, 3.05) is 0 Å². The first kappa shape index (κ1) is 7.34. The van der Waals surface area contributed by atoms with E-state index in [2.05, 4.69) is 5.16 Å². The molecule has 2 nitrogen and oxygen atoms in total. The molecule has 0 fully saturated rings. The monoisotopic (exact) mass is 151 g/mol. The summed E-state index contributed by atoms with van der Waals surface area (Å²) < 4.78 is 0. The number of hydrogen-bond acceptors (Lipinski definition) is 3. The minimum Gasteiger partial charge on any atom is -0.411 e. The normalized spacial score (nSPS) is 11.9. The molecule has 0 saturated heterocycles. The molecule has 2 radical (unpaired) electrons. The molecule has 0 atom stereocenters. The van der Waals surface area contributed by atoms with E-state index in [1.807, 2.05) is 5.38 Å². The molecular weight excluding hydrogens is 145 g/mol. The van der Waals surface area contributed by atoms with Crippen molar-refractivity contribution in [1.29, 1.82) is 0 Å². The minimum atomic E-state index is 0.563. The molecule has 1 heterocycles. The number of hydrogen-bond donors (Lipinski definition) is 1. The van der Waals surface area contributed by atoms with Gasteiger partial charge in [-0.15, -0.1) is 11.3 Å². The summed E-state index contributed by atoms with van der Waals surface area (Å²) in [6, 6.07) is 1.79. The minimum absolute atomic E-state index is 0.563. The fourth-order valence-electron chi connectivity index (χ4n) is 0.659. The molecule has 0 aliphatic heterocycles. The maximum absolute atomic E-state index is 8.37. The van der Waals surface area contributed by atoms with E-state index in [-0.39, 0.29) is 0 Å². The smallest absolute Gasteiger partial charge is 0.115 e. The molecule has 0 bridgehead atoms. The summed E-state index contributed by atoms with van der Waals surface area (Å²) in [5, 5.41) is 13.3. The second kappa shape index (κ2) is 2.88. The zero-order valence-corrected chi connectivity index (χ0v) is 6.35. The summed E-state index contributed by atoms with van der Waals surface area (Å²) in [6.07, 6.45) is 0. The van der Waals surface area contributed by atoms with Gasteiger partial charge in [-0.2, -0.15) is 0 Å². The lowest BCUT2D eigenvalue weighted by Crippen LogP contribution is -2.08. The third kappa shape index (κ3) is 1.21. The largest absolute Gasteiger partial charge is 0.411 e. The van der Waals surface area contributed by atoms with Gasteiger partial charge in [-0.1, -0.05) is 16.7 Å². The second-order valence-electron chi connectivity index (χ2n) is 1.89. The molecule has 1 aromatic heterocycles. The van der Waals surface area contributed by atoms with Crippen molar-refractivity contribution in [3.63, 3.8) is 0 Å². The molecule has 4 heteroatoms. The number of rotatable bonds is 1. The van der Waals surface area contributed by atoms with Gasteiger partial charge >= 0.3 is 0 Å². The lowest BCUT2D eigenvalue weighted by Gasteiger charge is -1.93. The van der Waals surface area contributed by atoms with Crippen LogP contribution in [0.25, 0.3) is 0 Å². The van der Waals surface area contributed by atoms with E-state index in [9.17, 15) is 0 Å². The van der Waals surface area contributed by atoms with Crippen LogP contribution in [0.15, 0.2) is 16.6 Å². The van der Waals surface area contributed by atoms with Crippen LogP contribution in [0.4, 0.5) is 0 Å². The van der Waals surface area contributed by atoms with Crippen LogP contribution >= 0.6 is 11.3 Å². The first-order valence-electron chi connectivity index (χ1n) is 2.77. The highest BCUT2D eigenvalue weighted by atomic mass is 32.1. The second-order valence-corrected chi connectivity index (χ2v) is 2.81. The molecule has 1 rings (SSSR count). The van der Waals surface area contributed by atoms with Crippen molar-refractivity contribution in [2.45, 2.75) is 6.92 Å². The van der Waals surface area contributed by atoms with Crippen LogP contribution in [-0.2, 0) is 0 Å². The van der Waals surface area contributed by atoms with Crippen LogP contribution in [0.5, 0.6) is 0 Å². The molecule has 0 aliphatic rings. The van der Waals surface area contributed by atoms with Gasteiger partial charge in [0.1, 0.15) is 7.85 Å². The standard InChI is InChI=1S/C6H6BNOS/c1-4(8-9)6-5(7)2-3-10-6/h2-3,9H,1H3/b8-4+. The van der Waals surface area contributed by atoms with Gasteiger partial charge in [0.2, 0.25) is 0 Å².